The van der Waals surface area contributed by atoms with Crippen molar-refractivity contribution in [1.29, 1.82) is 0 Å². The quantitative estimate of drug-likeness (QED) is 0.335. The Hall–Kier alpha value is -2.11. The number of hydrogen-bond acceptors (Lipinski definition) is 3. The van der Waals surface area contributed by atoms with Gasteiger partial charge in [0.25, 0.3) is 5.69 Å². The highest BCUT2D eigenvalue weighted by atomic mass is 19.2. The van der Waals surface area contributed by atoms with Gasteiger partial charge in [-0.05, 0) is 12.1 Å². The Bertz CT molecular complexity index is 457. The molecule has 0 unspecified atom stereocenters. The molecule has 0 fully saturated rings. The molecule has 0 bridgehead atoms. The van der Waals surface area contributed by atoms with Crippen molar-refractivity contribution < 1.29 is 18.5 Å². The second-order valence-corrected chi connectivity index (χ2v) is 2.61. The molecule has 0 spiro atoms. The number of allylic oxidation sites excluding steroid dienone is 1. The van der Waals surface area contributed by atoms with Crippen LogP contribution in [0, 0.1) is 21.7 Å². The van der Waals surface area contributed by atoms with Gasteiger partial charge < -0.3 is 0 Å². The molecule has 0 amide bonds. The molecule has 1 rings (SSSR count). The topological polar surface area (TPSA) is 60.2 Å². The molecule has 78 valence electrons. The molecule has 15 heavy (non-hydrogen) atoms. The average Bonchev–Trinajstić information content (AvgIpc) is 2.20. The van der Waals surface area contributed by atoms with Crippen molar-refractivity contribution in [2.75, 3.05) is 0 Å². The predicted octanol–water partition coefficient (Wildman–Crippen LogP) is 2.24. The lowest BCUT2D eigenvalue weighted by molar-refractivity contribution is -0.385. The molecular weight excluding hydrogens is 208 g/mol. The fraction of sp³-hybridized carbons (Fsp3) is 0. The molecule has 0 atom stereocenters. The lowest BCUT2D eigenvalue weighted by Crippen LogP contribution is -2.03. The monoisotopic (exact) mass is 213 g/mol. The van der Waals surface area contributed by atoms with Crippen LogP contribution in [0.25, 0.3) is 0 Å². The summed E-state index contributed by atoms with van der Waals surface area (Å²) in [6.07, 6.45) is 0.791. The number of nitro benzene ring substituents is 1. The Morgan fingerprint density at radius 3 is 2.40 bits per heavy atom. The first kappa shape index (κ1) is 11.0. The summed E-state index contributed by atoms with van der Waals surface area (Å²) >= 11 is 0. The zero-order valence-electron chi connectivity index (χ0n) is 7.37. The minimum Gasteiger partial charge on any atom is -0.289 e. The number of carbonyl (C=O) groups excluding carboxylic acids is 1. The molecule has 4 nitrogen and oxygen atoms in total. The Balaban J connectivity index is 3.47. The number of nitrogens with zero attached hydrogens (tertiary/aromatic N) is 1. The zero-order chi connectivity index (χ0) is 11.6. The smallest absolute Gasteiger partial charge is 0.283 e. The number of nitro groups is 1. The summed E-state index contributed by atoms with van der Waals surface area (Å²) in [5, 5.41) is 10.4. The summed E-state index contributed by atoms with van der Waals surface area (Å²) in [5.74, 6) is -3.52. The van der Waals surface area contributed by atoms with Gasteiger partial charge in [-0.25, -0.2) is 8.78 Å². The van der Waals surface area contributed by atoms with Gasteiger partial charge in [0.2, 0.25) is 0 Å². The fourth-order valence-corrected chi connectivity index (χ4v) is 0.995. The number of rotatable bonds is 3. The molecule has 0 N–H and O–H groups in total. The maximum atomic E-state index is 12.7. The van der Waals surface area contributed by atoms with Crippen LogP contribution in [0.2, 0.25) is 0 Å². The lowest BCUT2D eigenvalue weighted by Gasteiger charge is -1.99. The number of benzene rings is 1. The highest BCUT2D eigenvalue weighted by molar-refractivity contribution is 6.07. The molecule has 0 radical (unpaired) electrons. The van der Waals surface area contributed by atoms with Crippen LogP contribution in [0.15, 0.2) is 24.8 Å². The van der Waals surface area contributed by atoms with Gasteiger partial charge in [0.15, 0.2) is 17.4 Å². The largest absolute Gasteiger partial charge is 0.289 e. The highest BCUT2D eigenvalue weighted by Gasteiger charge is 2.21. The van der Waals surface area contributed by atoms with E-state index < -0.39 is 33.6 Å². The van der Waals surface area contributed by atoms with Crippen molar-refractivity contribution in [1.82, 2.24) is 0 Å². The van der Waals surface area contributed by atoms with Gasteiger partial charge >= 0.3 is 0 Å². The Morgan fingerprint density at radius 2 is 1.93 bits per heavy atom. The molecule has 0 aromatic heterocycles. The average molecular weight is 213 g/mol. The maximum Gasteiger partial charge on any atom is 0.283 e. The van der Waals surface area contributed by atoms with Gasteiger partial charge in [-0.15, -0.1) is 0 Å². The third-order valence-corrected chi connectivity index (χ3v) is 1.69. The number of ketones is 1. The molecule has 0 aliphatic heterocycles. The van der Waals surface area contributed by atoms with Crippen molar-refractivity contribution >= 4 is 11.5 Å². The van der Waals surface area contributed by atoms with Crippen LogP contribution in [-0.2, 0) is 0 Å². The third-order valence-electron chi connectivity index (χ3n) is 1.69. The number of hydrogen-bond donors (Lipinski definition) is 0. The SMILES string of the molecule is C=CC(=O)c1cc(F)c(F)cc1[N+](=O)[O-]. The van der Waals surface area contributed by atoms with E-state index >= 15 is 0 Å². The van der Waals surface area contributed by atoms with Gasteiger partial charge in [0.1, 0.15) is 5.56 Å². The minimum absolute atomic E-state index is 0.367. The van der Waals surface area contributed by atoms with E-state index in [1.54, 1.807) is 0 Å². The van der Waals surface area contributed by atoms with Gasteiger partial charge in [-0.2, -0.15) is 0 Å². The molecule has 0 saturated heterocycles. The summed E-state index contributed by atoms with van der Waals surface area (Å²) in [6, 6.07) is 0.851. The summed E-state index contributed by atoms with van der Waals surface area (Å²) in [7, 11) is 0. The van der Waals surface area contributed by atoms with E-state index in [0.29, 0.717) is 12.1 Å². The van der Waals surface area contributed by atoms with Crippen molar-refractivity contribution in [2.45, 2.75) is 0 Å². The Kier molecular flexibility index (Phi) is 2.89. The predicted molar refractivity (Wildman–Crippen MR) is 47.5 cm³/mol. The maximum absolute atomic E-state index is 12.7. The van der Waals surface area contributed by atoms with Crippen LogP contribution in [0.5, 0.6) is 0 Å². The Labute approximate surface area is 83.0 Å². The van der Waals surface area contributed by atoms with E-state index in [1.165, 1.54) is 0 Å². The normalized spacial score (nSPS) is 9.73. The van der Waals surface area contributed by atoms with Crippen molar-refractivity contribution in [3.05, 3.63) is 52.1 Å². The van der Waals surface area contributed by atoms with E-state index in [0.717, 1.165) is 6.08 Å². The van der Waals surface area contributed by atoms with Gasteiger partial charge in [0.05, 0.1) is 11.0 Å². The highest BCUT2D eigenvalue weighted by Crippen LogP contribution is 2.22. The molecular formula is C9H5F2NO3. The van der Waals surface area contributed by atoms with E-state index in [4.69, 9.17) is 0 Å². The summed E-state index contributed by atoms with van der Waals surface area (Å²) in [6.45, 7) is 3.10. The third kappa shape index (κ3) is 2.04. The van der Waals surface area contributed by atoms with Crippen molar-refractivity contribution in [3.63, 3.8) is 0 Å². The van der Waals surface area contributed by atoms with E-state index in [9.17, 15) is 23.7 Å². The fourth-order valence-electron chi connectivity index (χ4n) is 0.995. The van der Waals surface area contributed by atoms with E-state index in [2.05, 4.69) is 6.58 Å². The van der Waals surface area contributed by atoms with Crippen LogP contribution < -0.4 is 0 Å². The Morgan fingerprint density at radius 1 is 1.40 bits per heavy atom. The van der Waals surface area contributed by atoms with Crippen molar-refractivity contribution in [3.8, 4) is 0 Å². The molecule has 1 aromatic rings. The summed E-state index contributed by atoms with van der Waals surface area (Å²) in [5.41, 5.74) is -1.30. The van der Waals surface area contributed by atoms with Crippen LogP contribution in [0.1, 0.15) is 10.4 Å². The lowest BCUT2D eigenvalue weighted by atomic mass is 10.1. The van der Waals surface area contributed by atoms with E-state index in [1.807, 2.05) is 0 Å². The number of halogens is 2. The molecule has 0 heterocycles. The van der Waals surface area contributed by atoms with Crippen LogP contribution in [-0.4, -0.2) is 10.7 Å². The second-order valence-electron chi connectivity index (χ2n) is 2.61. The summed E-state index contributed by atoms with van der Waals surface area (Å²) in [4.78, 5) is 20.6. The van der Waals surface area contributed by atoms with Crippen LogP contribution in [0.4, 0.5) is 14.5 Å². The first-order valence-corrected chi connectivity index (χ1v) is 3.77. The van der Waals surface area contributed by atoms with Gasteiger partial charge in [-0.3, -0.25) is 14.9 Å². The van der Waals surface area contributed by atoms with Crippen molar-refractivity contribution in [2.24, 2.45) is 0 Å². The minimum atomic E-state index is -1.37. The van der Waals surface area contributed by atoms with Gasteiger partial charge in [-0.1, -0.05) is 6.58 Å². The first-order valence-electron chi connectivity index (χ1n) is 3.77. The van der Waals surface area contributed by atoms with Crippen LogP contribution in [0.3, 0.4) is 0 Å². The van der Waals surface area contributed by atoms with Crippen LogP contribution >= 0.6 is 0 Å². The van der Waals surface area contributed by atoms with E-state index in [-0.39, 0.29) is 0 Å². The molecule has 0 saturated carbocycles. The zero-order valence-corrected chi connectivity index (χ0v) is 7.37. The second kappa shape index (κ2) is 3.95. The molecule has 0 aliphatic rings. The standard InChI is InChI=1S/C9H5F2NO3/c1-2-9(13)5-3-6(10)7(11)4-8(5)12(14)15/h2-4H,1H2. The first-order chi connectivity index (χ1) is 6.97. The molecule has 0 aliphatic carbocycles. The number of carbonyl (C=O) groups is 1. The molecule has 1 aromatic carbocycles. The van der Waals surface area contributed by atoms with Gasteiger partial charge in [0, 0.05) is 0 Å². The summed E-state index contributed by atoms with van der Waals surface area (Å²) < 4.78 is 25.4. The molecule has 6 heteroatoms.